The molecule has 0 aliphatic carbocycles. The summed E-state index contributed by atoms with van der Waals surface area (Å²) in [6.07, 6.45) is 6.06. The molecule has 0 amide bonds. The molecule has 3 rings (SSSR count). The highest BCUT2D eigenvalue weighted by Crippen LogP contribution is 2.19. The van der Waals surface area contributed by atoms with Gasteiger partial charge in [-0.25, -0.2) is 9.36 Å². The first-order valence-corrected chi connectivity index (χ1v) is 7.73. The number of aromatic nitrogens is 1. The van der Waals surface area contributed by atoms with E-state index in [1.54, 1.807) is 6.07 Å². The summed E-state index contributed by atoms with van der Waals surface area (Å²) in [5.74, 6) is 0. The lowest BCUT2D eigenvalue weighted by molar-refractivity contribution is -0.688. The largest absolute Gasteiger partial charge is 0.423 e. The molecular weight excluding hydrogens is 274 g/mol. The van der Waals surface area contributed by atoms with Gasteiger partial charge in [0, 0.05) is 29.1 Å². The molecule has 0 atom stereocenters. The van der Waals surface area contributed by atoms with Gasteiger partial charge in [-0.3, -0.25) is 0 Å². The van der Waals surface area contributed by atoms with Gasteiger partial charge in [-0.05, 0) is 30.0 Å². The van der Waals surface area contributed by atoms with Gasteiger partial charge in [0.15, 0.2) is 18.9 Å². The first-order valence-electron chi connectivity index (χ1n) is 7.73. The molecular formula is C19H20NO2+. The highest BCUT2D eigenvalue weighted by Gasteiger charge is 2.10. The van der Waals surface area contributed by atoms with Crippen LogP contribution in [0.2, 0.25) is 0 Å². The van der Waals surface area contributed by atoms with Crippen LogP contribution in [0.1, 0.15) is 30.5 Å². The van der Waals surface area contributed by atoms with E-state index in [1.165, 1.54) is 11.1 Å². The minimum absolute atomic E-state index is 0.290. The van der Waals surface area contributed by atoms with Crippen LogP contribution >= 0.6 is 0 Å². The number of fused-ring (bicyclic) bond motifs is 1. The summed E-state index contributed by atoms with van der Waals surface area (Å²) in [4.78, 5) is 11.8. The predicted molar refractivity (Wildman–Crippen MR) is 87.0 cm³/mol. The molecule has 0 aliphatic heterocycles. The van der Waals surface area contributed by atoms with Gasteiger partial charge in [-0.15, -0.1) is 0 Å². The number of aryl methyl sites for hydroxylation is 2. The highest BCUT2D eigenvalue weighted by molar-refractivity contribution is 5.80. The van der Waals surface area contributed by atoms with Crippen molar-refractivity contribution in [3.05, 3.63) is 75.9 Å². The van der Waals surface area contributed by atoms with Gasteiger partial charge in [0.05, 0.1) is 0 Å². The predicted octanol–water partition coefficient (Wildman–Crippen LogP) is 3.25. The Labute approximate surface area is 129 Å². The Balaban J connectivity index is 2.03. The number of hydrogen-bond donors (Lipinski definition) is 0. The highest BCUT2D eigenvalue weighted by atomic mass is 16.4. The maximum Gasteiger partial charge on any atom is 0.336 e. The van der Waals surface area contributed by atoms with E-state index in [2.05, 4.69) is 49.0 Å². The van der Waals surface area contributed by atoms with Crippen molar-refractivity contribution in [1.82, 2.24) is 0 Å². The third kappa shape index (κ3) is 2.93. The van der Waals surface area contributed by atoms with Gasteiger partial charge in [0.25, 0.3) is 0 Å². The van der Waals surface area contributed by atoms with Crippen LogP contribution in [0.15, 0.2) is 58.0 Å². The Bertz CT molecular complexity index is 847. The first kappa shape index (κ1) is 14.5. The van der Waals surface area contributed by atoms with Crippen molar-refractivity contribution in [2.45, 2.75) is 33.2 Å². The van der Waals surface area contributed by atoms with E-state index in [9.17, 15) is 4.79 Å². The minimum Gasteiger partial charge on any atom is -0.423 e. The maximum absolute atomic E-state index is 11.8. The van der Waals surface area contributed by atoms with Crippen molar-refractivity contribution in [3.63, 3.8) is 0 Å². The molecule has 22 heavy (non-hydrogen) atoms. The van der Waals surface area contributed by atoms with Crippen LogP contribution in [0.4, 0.5) is 0 Å². The molecule has 3 nitrogen and oxygen atoms in total. The van der Waals surface area contributed by atoms with E-state index in [1.807, 2.05) is 12.1 Å². The second-order valence-electron chi connectivity index (χ2n) is 5.51. The van der Waals surface area contributed by atoms with Crippen molar-refractivity contribution < 1.29 is 8.98 Å². The summed E-state index contributed by atoms with van der Waals surface area (Å²) in [5.41, 5.74) is 3.85. The topological polar surface area (TPSA) is 34.1 Å². The van der Waals surface area contributed by atoms with Gasteiger partial charge in [0.2, 0.25) is 0 Å². The van der Waals surface area contributed by atoms with E-state index in [0.717, 1.165) is 23.8 Å². The van der Waals surface area contributed by atoms with Gasteiger partial charge in [-0.1, -0.05) is 26.0 Å². The fourth-order valence-corrected chi connectivity index (χ4v) is 2.65. The monoisotopic (exact) mass is 294 g/mol. The van der Waals surface area contributed by atoms with Crippen LogP contribution in [-0.4, -0.2) is 0 Å². The molecule has 3 heteroatoms. The zero-order valence-corrected chi connectivity index (χ0v) is 13.0. The summed E-state index contributed by atoms with van der Waals surface area (Å²) in [6, 6.07) is 11.9. The molecule has 1 aromatic carbocycles. The number of pyridine rings is 1. The van der Waals surface area contributed by atoms with Crippen molar-refractivity contribution in [2.24, 2.45) is 0 Å². The fourth-order valence-electron chi connectivity index (χ4n) is 2.65. The lowest BCUT2D eigenvalue weighted by Crippen LogP contribution is -2.33. The van der Waals surface area contributed by atoms with Crippen molar-refractivity contribution >= 4 is 11.0 Å². The third-order valence-corrected chi connectivity index (χ3v) is 4.02. The number of nitrogens with zero attached hydrogens (tertiary/aromatic N) is 1. The Morgan fingerprint density at radius 1 is 0.955 bits per heavy atom. The molecule has 0 unspecified atom stereocenters. The molecule has 2 aromatic heterocycles. The average molecular weight is 294 g/mol. The lowest BCUT2D eigenvalue weighted by atomic mass is 10.1. The molecule has 0 N–H and O–H groups in total. The summed E-state index contributed by atoms with van der Waals surface area (Å²) >= 11 is 0. The van der Waals surface area contributed by atoms with E-state index in [-0.39, 0.29) is 5.63 Å². The summed E-state index contributed by atoms with van der Waals surface area (Å²) in [6.45, 7) is 4.90. The molecule has 3 aromatic rings. The number of hydrogen-bond acceptors (Lipinski definition) is 2. The van der Waals surface area contributed by atoms with Gasteiger partial charge >= 0.3 is 5.63 Å². The van der Waals surface area contributed by atoms with E-state index >= 15 is 0 Å². The molecule has 0 aliphatic rings. The molecule has 0 fully saturated rings. The summed E-state index contributed by atoms with van der Waals surface area (Å²) < 4.78 is 7.44. The molecule has 112 valence electrons. The standard InChI is InChI=1S/C19H20NO2/c1-3-14-7-9-20(10-8-14)13-16-12-19(21)22-18-11-15(4-2)5-6-17(16)18/h5-12H,3-4,13H2,1-2H3/q+1. The van der Waals surface area contributed by atoms with Crippen LogP contribution in [0.3, 0.4) is 0 Å². The zero-order chi connectivity index (χ0) is 15.5. The molecule has 2 heterocycles. The van der Waals surface area contributed by atoms with Crippen LogP contribution in [0.5, 0.6) is 0 Å². The second-order valence-corrected chi connectivity index (χ2v) is 5.51. The Hall–Kier alpha value is -2.42. The zero-order valence-electron chi connectivity index (χ0n) is 13.0. The minimum atomic E-state index is -0.290. The quantitative estimate of drug-likeness (QED) is 0.547. The Kier molecular flexibility index (Phi) is 4.05. The molecule has 0 bridgehead atoms. The maximum atomic E-state index is 11.8. The van der Waals surface area contributed by atoms with Crippen LogP contribution in [0.25, 0.3) is 11.0 Å². The van der Waals surface area contributed by atoms with E-state index in [0.29, 0.717) is 12.1 Å². The second kappa shape index (κ2) is 6.14. The summed E-state index contributed by atoms with van der Waals surface area (Å²) in [5, 5.41) is 1.00. The normalized spacial score (nSPS) is 11.0. The van der Waals surface area contributed by atoms with Crippen molar-refractivity contribution in [3.8, 4) is 0 Å². The van der Waals surface area contributed by atoms with E-state index < -0.39 is 0 Å². The van der Waals surface area contributed by atoms with Gasteiger partial charge in [0.1, 0.15) is 5.58 Å². The van der Waals surface area contributed by atoms with Crippen molar-refractivity contribution in [2.75, 3.05) is 0 Å². The summed E-state index contributed by atoms with van der Waals surface area (Å²) in [7, 11) is 0. The van der Waals surface area contributed by atoms with Crippen LogP contribution in [-0.2, 0) is 19.4 Å². The lowest BCUT2D eigenvalue weighted by Gasteiger charge is -2.05. The molecule has 0 saturated heterocycles. The van der Waals surface area contributed by atoms with Crippen LogP contribution in [0, 0.1) is 0 Å². The Morgan fingerprint density at radius 3 is 2.36 bits per heavy atom. The van der Waals surface area contributed by atoms with Gasteiger partial charge < -0.3 is 4.42 Å². The van der Waals surface area contributed by atoms with E-state index in [4.69, 9.17) is 4.42 Å². The SMILES string of the molecule is CCc1cc[n+](Cc2cc(=O)oc3cc(CC)ccc23)cc1. The molecule has 0 saturated carbocycles. The average Bonchev–Trinajstić information content (AvgIpc) is 2.54. The fraction of sp³-hybridized carbons (Fsp3) is 0.263. The number of benzene rings is 1. The smallest absolute Gasteiger partial charge is 0.336 e. The van der Waals surface area contributed by atoms with Crippen molar-refractivity contribution in [1.29, 1.82) is 0 Å². The van der Waals surface area contributed by atoms with Crippen LogP contribution < -0.4 is 10.2 Å². The first-order chi connectivity index (χ1) is 10.7. The molecule has 0 radical (unpaired) electrons. The van der Waals surface area contributed by atoms with Gasteiger partial charge in [-0.2, -0.15) is 0 Å². The number of rotatable bonds is 4. The third-order valence-electron chi connectivity index (χ3n) is 4.02. The molecule has 0 spiro atoms. The Morgan fingerprint density at radius 2 is 1.68 bits per heavy atom.